The van der Waals surface area contributed by atoms with Crippen LogP contribution < -0.4 is 10.6 Å². The van der Waals surface area contributed by atoms with Crippen LogP contribution in [0.25, 0.3) is 0 Å². The maximum absolute atomic E-state index is 11.4. The van der Waals surface area contributed by atoms with Gasteiger partial charge in [-0.25, -0.2) is 0 Å². The highest BCUT2D eigenvalue weighted by molar-refractivity contribution is 5.81. The van der Waals surface area contributed by atoms with Crippen LogP contribution in [0.15, 0.2) is 0 Å². The van der Waals surface area contributed by atoms with Crippen LogP contribution in [-0.2, 0) is 4.79 Å². The lowest BCUT2D eigenvalue weighted by atomic mass is 10.0. The number of carbonyl (C=O) groups excluding carboxylic acids is 1. The average molecular weight is 186 g/mol. The monoisotopic (exact) mass is 186 g/mol. The minimum Gasteiger partial charge on any atom is -0.392 e. The minimum absolute atomic E-state index is 0.0144. The quantitative estimate of drug-likeness (QED) is 0.563. The van der Waals surface area contributed by atoms with Crippen molar-refractivity contribution in [1.82, 2.24) is 10.6 Å². The Hall–Kier alpha value is -0.610. The predicted molar refractivity (Wildman–Crippen MR) is 50.3 cm³/mol. The van der Waals surface area contributed by atoms with Crippen LogP contribution in [0.2, 0.25) is 0 Å². The highest BCUT2D eigenvalue weighted by Gasteiger charge is 2.19. The maximum Gasteiger partial charge on any atom is 0.237 e. The summed E-state index contributed by atoms with van der Waals surface area (Å²) in [6.07, 6.45) is 2.71. The third kappa shape index (κ3) is 3.74. The second kappa shape index (κ2) is 5.19. The topological polar surface area (TPSA) is 61.4 Å². The molecule has 1 aliphatic rings. The van der Waals surface area contributed by atoms with E-state index in [1.165, 1.54) is 0 Å². The van der Waals surface area contributed by atoms with Gasteiger partial charge in [-0.1, -0.05) is 6.42 Å². The molecule has 0 aromatic rings. The molecule has 2 unspecified atom stereocenters. The van der Waals surface area contributed by atoms with Crippen molar-refractivity contribution in [3.05, 3.63) is 0 Å². The molecule has 0 aromatic carbocycles. The number of aliphatic hydroxyl groups is 1. The molecule has 3 N–H and O–H groups in total. The molecule has 4 nitrogen and oxygen atoms in total. The first-order valence-corrected chi connectivity index (χ1v) is 4.89. The number of carbonyl (C=O) groups is 1. The minimum atomic E-state index is -0.465. The van der Waals surface area contributed by atoms with Crippen LogP contribution in [0, 0.1) is 0 Å². The van der Waals surface area contributed by atoms with Crippen molar-refractivity contribution in [3.8, 4) is 0 Å². The van der Waals surface area contributed by atoms with E-state index in [1.54, 1.807) is 6.92 Å². The molecular weight excluding hydrogens is 168 g/mol. The SMILES string of the molecule is CC(O)CNC(=O)C1CCCCN1. The van der Waals surface area contributed by atoms with Crippen molar-refractivity contribution in [3.63, 3.8) is 0 Å². The van der Waals surface area contributed by atoms with E-state index < -0.39 is 6.10 Å². The van der Waals surface area contributed by atoms with Gasteiger partial charge >= 0.3 is 0 Å². The summed E-state index contributed by atoms with van der Waals surface area (Å²) in [5.41, 5.74) is 0. The van der Waals surface area contributed by atoms with Crippen molar-refractivity contribution in [2.45, 2.75) is 38.3 Å². The van der Waals surface area contributed by atoms with Crippen molar-refractivity contribution < 1.29 is 9.90 Å². The molecular formula is C9H18N2O2. The largest absolute Gasteiger partial charge is 0.392 e. The zero-order valence-electron chi connectivity index (χ0n) is 8.05. The normalized spacial score (nSPS) is 25.2. The first-order valence-electron chi connectivity index (χ1n) is 4.89. The molecule has 1 saturated heterocycles. The Morgan fingerprint density at radius 1 is 1.69 bits per heavy atom. The van der Waals surface area contributed by atoms with Crippen LogP contribution in [0.1, 0.15) is 26.2 Å². The number of aliphatic hydroxyl groups excluding tert-OH is 1. The summed E-state index contributed by atoms with van der Waals surface area (Å²) < 4.78 is 0. The number of rotatable bonds is 3. The molecule has 1 heterocycles. The Bertz CT molecular complexity index is 165. The summed E-state index contributed by atoms with van der Waals surface area (Å²) in [5.74, 6) is 0.0144. The fraction of sp³-hybridized carbons (Fsp3) is 0.889. The van der Waals surface area contributed by atoms with Gasteiger partial charge in [0, 0.05) is 6.54 Å². The van der Waals surface area contributed by atoms with Crippen LogP contribution in [0.4, 0.5) is 0 Å². The van der Waals surface area contributed by atoms with Gasteiger partial charge in [-0.05, 0) is 26.3 Å². The fourth-order valence-corrected chi connectivity index (χ4v) is 1.45. The second-order valence-corrected chi connectivity index (χ2v) is 3.60. The van der Waals surface area contributed by atoms with E-state index in [0.29, 0.717) is 6.54 Å². The van der Waals surface area contributed by atoms with Gasteiger partial charge in [-0.2, -0.15) is 0 Å². The molecule has 76 valence electrons. The van der Waals surface area contributed by atoms with Crippen LogP contribution in [0.3, 0.4) is 0 Å². The van der Waals surface area contributed by atoms with Gasteiger partial charge in [0.2, 0.25) is 5.91 Å². The van der Waals surface area contributed by atoms with E-state index in [0.717, 1.165) is 25.8 Å². The van der Waals surface area contributed by atoms with Crippen molar-refractivity contribution in [2.75, 3.05) is 13.1 Å². The second-order valence-electron chi connectivity index (χ2n) is 3.60. The van der Waals surface area contributed by atoms with Crippen LogP contribution >= 0.6 is 0 Å². The average Bonchev–Trinajstić information content (AvgIpc) is 2.15. The molecule has 13 heavy (non-hydrogen) atoms. The van der Waals surface area contributed by atoms with Gasteiger partial charge in [-0.3, -0.25) is 4.79 Å². The van der Waals surface area contributed by atoms with E-state index in [2.05, 4.69) is 10.6 Å². The lowest BCUT2D eigenvalue weighted by Crippen LogP contribution is -2.47. The van der Waals surface area contributed by atoms with Gasteiger partial charge in [0.25, 0.3) is 0 Å². The van der Waals surface area contributed by atoms with E-state index in [9.17, 15) is 4.79 Å². The zero-order chi connectivity index (χ0) is 9.68. The number of amides is 1. The van der Waals surface area contributed by atoms with Crippen molar-refractivity contribution in [1.29, 1.82) is 0 Å². The number of nitrogens with one attached hydrogen (secondary N) is 2. The number of hydrogen-bond donors (Lipinski definition) is 3. The lowest BCUT2D eigenvalue weighted by molar-refractivity contribution is -0.124. The number of piperidine rings is 1. The first-order chi connectivity index (χ1) is 6.20. The van der Waals surface area contributed by atoms with Crippen molar-refractivity contribution in [2.24, 2.45) is 0 Å². The molecule has 1 fully saturated rings. The number of hydrogen-bond acceptors (Lipinski definition) is 3. The van der Waals surface area contributed by atoms with E-state index in [1.807, 2.05) is 0 Å². The molecule has 0 aliphatic carbocycles. The summed E-state index contributed by atoms with van der Waals surface area (Å²) in [7, 11) is 0. The van der Waals surface area contributed by atoms with Gasteiger partial charge in [0.05, 0.1) is 12.1 Å². The summed E-state index contributed by atoms with van der Waals surface area (Å²) in [4.78, 5) is 11.4. The molecule has 1 aliphatic heterocycles. The Morgan fingerprint density at radius 3 is 3.00 bits per heavy atom. The maximum atomic E-state index is 11.4. The molecule has 0 spiro atoms. The molecule has 0 bridgehead atoms. The third-order valence-electron chi connectivity index (χ3n) is 2.20. The van der Waals surface area contributed by atoms with E-state index in [-0.39, 0.29) is 11.9 Å². The highest BCUT2D eigenvalue weighted by Crippen LogP contribution is 2.06. The van der Waals surface area contributed by atoms with Crippen molar-refractivity contribution >= 4 is 5.91 Å². The molecule has 1 rings (SSSR count). The van der Waals surface area contributed by atoms with Gasteiger partial charge < -0.3 is 15.7 Å². The van der Waals surface area contributed by atoms with E-state index in [4.69, 9.17) is 5.11 Å². The molecule has 1 amide bonds. The fourth-order valence-electron chi connectivity index (χ4n) is 1.45. The Morgan fingerprint density at radius 2 is 2.46 bits per heavy atom. The first kappa shape index (κ1) is 10.5. The molecule has 2 atom stereocenters. The van der Waals surface area contributed by atoms with Gasteiger partial charge in [0.15, 0.2) is 0 Å². The summed E-state index contributed by atoms with van der Waals surface area (Å²) in [6.45, 7) is 2.93. The summed E-state index contributed by atoms with van der Waals surface area (Å²) in [5, 5.41) is 14.8. The van der Waals surface area contributed by atoms with Gasteiger partial charge in [-0.15, -0.1) is 0 Å². The Balaban J connectivity index is 2.21. The summed E-state index contributed by atoms with van der Waals surface area (Å²) in [6, 6.07) is -0.0486. The van der Waals surface area contributed by atoms with Crippen LogP contribution in [-0.4, -0.2) is 36.2 Å². The third-order valence-corrected chi connectivity index (χ3v) is 2.20. The smallest absolute Gasteiger partial charge is 0.237 e. The Kier molecular flexibility index (Phi) is 4.18. The highest BCUT2D eigenvalue weighted by atomic mass is 16.3. The lowest BCUT2D eigenvalue weighted by Gasteiger charge is -2.22. The van der Waals surface area contributed by atoms with E-state index >= 15 is 0 Å². The predicted octanol–water partition coefficient (Wildman–Crippen LogP) is -0.374. The molecule has 0 aromatic heterocycles. The molecule has 0 saturated carbocycles. The standard InChI is InChI=1S/C9H18N2O2/c1-7(12)6-11-9(13)8-4-2-3-5-10-8/h7-8,10,12H,2-6H2,1H3,(H,11,13). The van der Waals surface area contributed by atoms with Gasteiger partial charge in [0.1, 0.15) is 0 Å². The molecule has 0 radical (unpaired) electrons. The zero-order valence-corrected chi connectivity index (χ0v) is 8.05. The Labute approximate surface area is 78.7 Å². The summed E-state index contributed by atoms with van der Waals surface area (Å²) >= 11 is 0. The molecule has 4 heteroatoms. The van der Waals surface area contributed by atoms with Crippen LogP contribution in [0.5, 0.6) is 0 Å².